The van der Waals surface area contributed by atoms with Gasteiger partial charge >= 0.3 is 0 Å². The van der Waals surface area contributed by atoms with E-state index in [-0.39, 0.29) is 0 Å². The molecule has 0 fully saturated rings. The van der Waals surface area contributed by atoms with Crippen molar-refractivity contribution in [1.29, 1.82) is 0 Å². The topological polar surface area (TPSA) is 57.8 Å². The fourth-order valence-corrected chi connectivity index (χ4v) is 3.17. The molecule has 0 unspecified atom stereocenters. The molecule has 0 aromatic carbocycles. The molecular formula is C19H29N5O. The summed E-state index contributed by atoms with van der Waals surface area (Å²) in [6, 6.07) is 2.05. The first kappa shape index (κ1) is 19.0. The third-order valence-corrected chi connectivity index (χ3v) is 3.99. The number of ether oxygens (including phenoxy) is 1. The van der Waals surface area contributed by atoms with Gasteiger partial charge in [0.25, 0.3) is 0 Å². The first-order valence-corrected chi connectivity index (χ1v) is 8.96. The summed E-state index contributed by atoms with van der Waals surface area (Å²) < 4.78 is 9.45. The quantitative estimate of drug-likeness (QED) is 0.708. The van der Waals surface area contributed by atoms with Crippen molar-refractivity contribution in [2.24, 2.45) is 7.05 Å². The van der Waals surface area contributed by atoms with Crippen molar-refractivity contribution < 1.29 is 4.74 Å². The molecule has 136 valence electrons. The smallest absolute Gasteiger partial charge is 0.242 e. The van der Waals surface area contributed by atoms with Crippen LogP contribution in [0.15, 0.2) is 12.3 Å². The molecule has 0 aliphatic heterocycles. The Hall–Kier alpha value is -2.37. The van der Waals surface area contributed by atoms with E-state index in [0.717, 1.165) is 22.5 Å². The van der Waals surface area contributed by atoms with Crippen molar-refractivity contribution >= 4 is 11.0 Å². The van der Waals surface area contributed by atoms with Crippen LogP contribution in [0.2, 0.25) is 0 Å². The van der Waals surface area contributed by atoms with Crippen LogP contribution in [0.1, 0.15) is 57.5 Å². The van der Waals surface area contributed by atoms with Gasteiger partial charge in [0.2, 0.25) is 5.88 Å². The van der Waals surface area contributed by atoms with Crippen LogP contribution in [0.5, 0.6) is 5.88 Å². The Morgan fingerprint density at radius 3 is 2.40 bits per heavy atom. The zero-order valence-corrected chi connectivity index (χ0v) is 16.6. The van der Waals surface area contributed by atoms with Gasteiger partial charge in [0.15, 0.2) is 5.65 Å². The van der Waals surface area contributed by atoms with Gasteiger partial charge in [-0.25, -0.2) is 4.68 Å². The highest BCUT2D eigenvalue weighted by Crippen LogP contribution is 2.30. The fourth-order valence-electron chi connectivity index (χ4n) is 3.17. The van der Waals surface area contributed by atoms with E-state index < -0.39 is 0 Å². The Bertz CT molecular complexity index is 860. The van der Waals surface area contributed by atoms with Gasteiger partial charge in [-0.2, -0.15) is 15.2 Å². The lowest BCUT2D eigenvalue weighted by atomic mass is 10.0. The molecule has 3 heterocycles. The highest BCUT2D eigenvalue weighted by Gasteiger charge is 2.19. The first-order chi connectivity index (χ1) is 11.9. The number of nitrogens with zero attached hydrogens (tertiary/aromatic N) is 5. The minimum atomic E-state index is 0.425. The summed E-state index contributed by atoms with van der Waals surface area (Å²) >= 11 is 0. The van der Waals surface area contributed by atoms with Gasteiger partial charge in [0.05, 0.1) is 12.3 Å². The SMILES string of the molecule is CC.CCOc1nc2nn(C)cc2cc1-n1nc(C)c(C(C)C)c1C. The zero-order valence-electron chi connectivity index (χ0n) is 16.6. The second-order valence-electron chi connectivity index (χ2n) is 6.11. The van der Waals surface area contributed by atoms with Gasteiger partial charge in [-0.05, 0) is 38.3 Å². The molecule has 0 amide bonds. The van der Waals surface area contributed by atoms with E-state index in [0.29, 0.717) is 24.1 Å². The van der Waals surface area contributed by atoms with Crippen molar-refractivity contribution in [2.75, 3.05) is 6.61 Å². The van der Waals surface area contributed by atoms with Crippen LogP contribution >= 0.6 is 0 Å². The number of pyridine rings is 1. The van der Waals surface area contributed by atoms with Gasteiger partial charge in [0, 0.05) is 24.3 Å². The molecule has 0 bridgehead atoms. The molecule has 3 aromatic rings. The van der Waals surface area contributed by atoms with Crippen LogP contribution in [-0.2, 0) is 7.05 Å². The predicted octanol–water partition coefficient (Wildman–Crippen LogP) is 4.32. The summed E-state index contributed by atoms with van der Waals surface area (Å²) in [5.74, 6) is 0.994. The van der Waals surface area contributed by atoms with Crippen molar-refractivity contribution in [3.8, 4) is 11.6 Å². The molecule has 0 aliphatic rings. The van der Waals surface area contributed by atoms with E-state index >= 15 is 0 Å². The molecule has 25 heavy (non-hydrogen) atoms. The van der Waals surface area contributed by atoms with Gasteiger partial charge in [-0.1, -0.05) is 27.7 Å². The maximum absolute atomic E-state index is 5.75. The van der Waals surface area contributed by atoms with E-state index in [2.05, 4.69) is 37.8 Å². The predicted molar refractivity (Wildman–Crippen MR) is 102 cm³/mol. The number of hydrogen-bond acceptors (Lipinski definition) is 4. The van der Waals surface area contributed by atoms with Gasteiger partial charge in [-0.15, -0.1) is 0 Å². The van der Waals surface area contributed by atoms with Crippen molar-refractivity contribution in [2.45, 2.75) is 54.4 Å². The van der Waals surface area contributed by atoms with Crippen molar-refractivity contribution in [1.82, 2.24) is 24.5 Å². The fraction of sp³-hybridized carbons (Fsp3) is 0.526. The summed E-state index contributed by atoms with van der Waals surface area (Å²) in [6.45, 7) is 15.0. The molecule has 0 spiro atoms. The summed E-state index contributed by atoms with van der Waals surface area (Å²) in [4.78, 5) is 4.57. The summed E-state index contributed by atoms with van der Waals surface area (Å²) in [5.41, 5.74) is 5.00. The number of aryl methyl sites for hydroxylation is 2. The van der Waals surface area contributed by atoms with Crippen LogP contribution in [0, 0.1) is 13.8 Å². The second kappa shape index (κ2) is 7.68. The standard InChI is InChI=1S/C17H23N5O.C2H6/c1-7-23-17-14(8-13-9-21(6)20-16(13)18-17)22-12(5)15(10(2)3)11(4)19-22;1-2/h8-10H,7H2,1-6H3;1-2H3. The minimum Gasteiger partial charge on any atom is -0.476 e. The molecular weight excluding hydrogens is 314 g/mol. The van der Waals surface area contributed by atoms with E-state index in [9.17, 15) is 0 Å². The highest BCUT2D eigenvalue weighted by atomic mass is 16.5. The minimum absolute atomic E-state index is 0.425. The number of aromatic nitrogens is 5. The van der Waals surface area contributed by atoms with E-state index in [1.54, 1.807) is 4.68 Å². The number of rotatable bonds is 4. The number of hydrogen-bond donors (Lipinski definition) is 0. The Balaban J connectivity index is 0.00000109. The highest BCUT2D eigenvalue weighted by molar-refractivity contribution is 5.78. The largest absolute Gasteiger partial charge is 0.476 e. The normalized spacial score (nSPS) is 10.9. The molecule has 0 N–H and O–H groups in total. The van der Waals surface area contributed by atoms with Crippen molar-refractivity contribution in [3.05, 3.63) is 29.2 Å². The van der Waals surface area contributed by atoms with E-state index in [1.807, 2.05) is 44.8 Å². The molecule has 0 saturated carbocycles. The summed E-state index contributed by atoms with van der Waals surface area (Å²) in [7, 11) is 1.89. The molecule has 3 aromatic heterocycles. The Morgan fingerprint density at radius 2 is 1.84 bits per heavy atom. The maximum atomic E-state index is 5.75. The maximum Gasteiger partial charge on any atom is 0.242 e. The molecule has 0 atom stereocenters. The van der Waals surface area contributed by atoms with Gasteiger partial charge < -0.3 is 4.74 Å². The van der Waals surface area contributed by atoms with Crippen LogP contribution in [0.4, 0.5) is 0 Å². The lowest BCUT2D eigenvalue weighted by molar-refractivity contribution is 0.326. The van der Waals surface area contributed by atoms with Crippen LogP contribution in [-0.4, -0.2) is 31.2 Å². The summed E-state index contributed by atoms with van der Waals surface area (Å²) in [5, 5.41) is 10.1. The van der Waals surface area contributed by atoms with E-state index in [4.69, 9.17) is 9.84 Å². The third-order valence-electron chi connectivity index (χ3n) is 3.99. The number of fused-ring (bicyclic) bond motifs is 1. The molecule has 0 aliphatic carbocycles. The molecule has 3 rings (SSSR count). The zero-order chi connectivity index (χ0) is 18.7. The van der Waals surface area contributed by atoms with Crippen LogP contribution < -0.4 is 4.74 Å². The van der Waals surface area contributed by atoms with Gasteiger partial charge in [-0.3, -0.25) is 4.68 Å². The first-order valence-electron chi connectivity index (χ1n) is 8.96. The average Bonchev–Trinajstić information content (AvgIpc) is 3.06. The van der Waals surface area contributed by atoms with Gasteiger partial charge in [0.1, 0.15) is 5.69 Å². The molecule has 0 saturated heterocycles. The lowest BCUT2D eigenvalue weighted by Gasteiger charge is -2.11. The van der Waals surface area contributed by atoms with Crippen LogP contribution in [0.3, 0.4) is 0 Å². The third kappa shape index (κ3) is 3.52. The van der Waals surface area contributed by atoms with Crippen molar-refractivity contribution in [3.63, 3.8) is 0 Å². The Morgan fingerprint density at radius 1 is 1.16 bits per heavy atom. The van der Waals surface area contributed by atoms with Crippen LogP contribution in [0.25, 0.3) is 16.7 Å². The summed E-state index contributed by atoms with van der Waals surface area (Å²) in [6.07, 6.45) is 1.95. The monoisotopic (exact) mass is 343 g/mol. The molecule has 0 radical (unpaired) electrons. The Kier molecular flexibility index (Phi) is 5.82. The Labute approximate surface area is 149 Å². The average molecular weight is 343 g/mol. The molecule has 6 nitrogen and oxygen atoms in total. The lowest BCUT2D eigenvalue weighted by Crippen LogP contribution is -2.06. The van der Waals surface area contributed by atoms with E-state index in [1.165, 1.54) is 5.56 Å². The second-order valence-corrected chi connectivity index (χ2v) is 6.11. The molecule has 6 heteroatoms.